The van der Waals surface area contributed by atoms with Crippen LogP contribution in [0.3, 0.4) is 0 Å². The lowest BCUT2D eigenvalue weighted by atomic mass is 10.1. The highest BCUT2D eigenvalue weighted by Gasteiger charge is 2.40. The van der Waals surface area contributed by atoms with Crippen LogP contribution in [0.1, 0.15) is 19.4 Å². The Balaban J connectivity index is 2.38. The highest BCUT2D eigenvalue weighted by atomic mass is 32.2. The van der Waals surface area contributed by atoms with E-state index in [1.165, 1.54) is 16.4 Å². The third kappa shape index (κ3) is 3.47. The number of benzene rings is 1. The second-order valence-corrected chi connectivity index (χ2v) is 7.77. The van der Waals surface area contributed by atoms with Crippen molar-refractivity contribution < 1.29 is 17.9 Å². The summed E-state index contributed by atoms with van der Waals surface area (Å²) in [6.07, 6.45) is -0.335. The van der Waals surface area contributed by atoms with Crippen LogP contribution in [0.5, 0.6) is 0 Å². The molecule has 0 bridgehead atoms. The van der Waals surface area contributed by atoms with Gasteiger partial charge in [0.15, 0.2) is 0 Å². The smallest absolute Gasteiger partial charge is 0.244 e. The minimum Gasteiger partial charge on any atom is -0.382 e. The molecule has 0 N–H and O–H groups in total. The minimum absolute atomic E-state index is 0.0337. The standard InChI is InChI=1S/C15H20N2O4S/c1-15(2)11-17(9-13(21-15)10-20-3)22(18,19)14-7-5-4-6-12(14)8-16/h4-7,13H,9-11H2,1-3H3/t13-/m0/s1. The van der Waals surface area contributed by atoms with Gasteiger partial charge in [0.05, 0.1) is 28.8 Å². The van der Waals surface area contributed by atoms with Crippen molar-refractivity contribution in [3.8, 4) is 6.07 Å². The molecule has 7 heteroatoms. The van der Waals surface area contributed by atoms with E-state index in [1.54, 1.807) is 19.2 Å². The van der Waals surface area contributed by atoms with E-state index in [1.807, 2.05) is 19.9 Å². The van der Waals surface area contributed by atoms with Crippen molar-refractivity contribution in [1.29, 1.82) is 5.26 Å². The summed E-state index contributed by atoms with van der Waals surface area (Å²) in [5.41, 5.74) is -0.467. The first kappa shape index (κ1) is 16.9. The van der Waals surface area contributed by atoms with Crippen molar-refractivity contribution in [3.05, 3.63) is 29.8 Å². The molecular formula is C15H20N2O4S. The molecule has 2 rings (SSSR count). The first-order chi connectivity index (χ1) is 10.3. The Kier molecular flexibility index (Phi) is 4.87. The number of hydrogen-bond donors (Lipinski definition) is 0. The van der Waals surface area contributed by atoms with Crippen LogP contribution in [0, 0.1) is 11.3 Å². The molecule has 1 atom stereocenters. The van der Waals surface area contributed by atoms with Crippen LogP contribution in [-0.4, -0.2) is 51.2 Å². The van der Waals surface area contributed by atoms with Crippen molar-refractivity contribution in [2.75, 3.05) is 26.8 Å². The minimum atomic E-state index is -3.75. The molecule has 0 aromatic heterocycles. The third-order valence-electron chi connectivity index (χ3n) is 3.43. The Labute approximate surface area is 131 Å². The molecule has 1 aromatic rings. The van der Waals surface area contributed by atoms with Gasteiger partial charge in [0.1, 0.15) is 6.07 Å². The van der Waals surface area contributed by atoms with E-state index in [0.29, 0.717) is 6.61 Å². The highest BCUT2D eigenvalue weighted by molar-refractivity contribution is 7.89. The van der Waals surface area contributed by atoms with E-state index in [2.05, 4.69) is 0 Å². The second kappa shape index (κ2) is 6.34. The predicted octanol–water partition coefficient (Wildman–Crippen LogP) is 1.37. The summed E-state index contributed by atoms with van der Waals surface area (Å²) in [7, 11) is -2.20. The van der Waals surface area contributed by atoms with Gasteiger partial charge in [-0.15, -0.1) is 0 Å². The number of sulfonamides is 1. The zero-order valence-electron chi connectivity index (χ0n) is 12.9. The third-order valence-corrected chi connectivity index (χ3v) is 5.30. The highest BCUT2D eigenvalue weighted by Crippen LogP contribution is 2.27. The maximum absolute atomic E-state index is 12.9. The molecule has 0 saturated carbocycles. The molecule has 0 radical (unpaired) electrons. The molecule has 1 aliphatic rings. The summed E-state index contributed by atoms with van der Waals surface area (Å²) >= 11 is 0. The molecule has 0 aliphatic carbocycles. The van der Waals surface area contributed by atoms with Crippen molar-refractivity contribution in [1.82, 2.24) is 4.31 Å². The van der Waals surface area contributed by atoms with Crippen LogP contribution in [0.4, 0.5) is 0 Å². The fraction of sp³-hybridized carbons (Fsp3) is 0.533. The summed E-state index contributed by atoms with van der Waals surface area (Å²) in [5, 5.41) is 9.14. The number of rotatable bonds is 4. The normalized spacial score (nSPS) is 22.2. The van der Waals surface area contributed by atoms with Gasteiger partial charge in [-0.05, 0) is 26.0 Å². The molecule has 1 aliphatic heterocycles. The zero-order chi connectivity index (χ0) is 16.4. The first-order valence-electron chi connectivity index (χ1n) is 6.96. The fourth-order valence-corrected chi connectivity index (χ4v) is 4.38. The van der Waals surface area contributed by atoms with Crippen LogP contribution in [0.15, 0.2) is 29.2 Å². The average Bonchev–Trinajstić information content (AvgIpc) is 2.46. The van der Waals surface area contributed by atoms with Crippen molar-refractivity contribution >= 4 is 10.0 Å². The van der Waals surface area contributed by atoms with Crippen LogP contribution in [0.25, 0.3) is 0 Å². The number of nitriles is 1. The van der Waals surface area contributed by atoms with Crippen molar-refractivity contribution in [2.24, 2.45) is 0 Å². The lowest BCUT2D eigenvalue weighted by Crippen LogP contribution is -2.55. The number of morpholine rings is 1. The van der Waals surface area contributed by atoms with Gasteiger partial charge in [0.25, 0.3) is 0 Å². The summed E-state index contributed by atoms with van der Waals surface area (Å²) in [6, 6.07) is 8.17. The van der Waals surface area contributed by atoms with E-state index in [4.69, 9.17) is 14.7 Å². The molecule has 1 heterocycles. The number of nitrogens with zero attached hydrogens (tertiary/aromatic N) is 2. The largest absolute Gasteiger partial charge is 0.382 e. The summed E-state index contributed by atoms with van der Waals surface area (Å²) in [5.74, 6) is 0. The Morgan fingerprint density at radius 1 is 1.45 bits per heavy atom. The average molecular weight is 324 g/mol. The molecule has 6 nitrogen and oxygen atoms in total. The Bertz CT molecular complexity index is 679. The Morgan fingerprint density at radius 2 is 2.14 bits per heavy atom. The topological polar surface area (TPSA) is 79.6 Å². The summed E-state index contributed by atoms with van der Waals surface area (Å²) < 4.78 is 38.1. The van der Waals surface area contributed by atoms with Gasteiger partial charge in [-0.25, -0.2) is 8.42 Å². The molecule has 0 unspecified atom stereocenters. The number of hydrogen-bond acceptors (Lipinski definition) is 5. The van der Waals surface area contributed by atoms with E-state index in [-0.39, 0.29) is 29.7 Å². The van der Waals surface area contributed by atoms with Gasteiger partial charge in [-0.1, -0.05) is 12.1 Å². The Morgan fingerprint density at radius 3 is 2.77 bits per heavy atom. The van der Waals surface area contributed by atoms with E-state index >= 15 is 0 Å². The molecule has 1 fully saturated rings. The Hall–Kier alpha value is -1.46. The molecule has 0 amide bonds. The number of ether oxygens (including phenoxy) is 2. The van der Waals surface area contributed by atoms with Crippen LogP contribution in [-0.2, 0) is 19.5 Å². The fourth-order valence-electron chi connectivity index (χ4n) is 2.62. The monoisotopic (exact) mass is 324 g/mol. The van der Waals surface area contributed by atoms with Crippen LogP contribution >= 0.6 is 0 Å². The van der Waals surface area contributed by atoms with Gasteiger partial charge < -0.3 is 9.47 Å². The number of methoxy groups -OCH3 is 1. The summed E-state index contributed by atoms with van der Waals surface area (Å²) in [4.78, 5) is 0.0337. The summed E-state index contributed by atoms with van der Waals surface area (Å²) in [6.45, 7) is 4.44. The van der Waals surface area contributed by atoms with Gasteiger partial charge in [-0.3, -0.25) is 0 Å². The SMILES string of the molecule is COC[C@@H]1CN(S(=O)(=O)c2ccccc2C#N)CC(C)(C)O1. The first-order valence-corrected chi connectivity index (χ1v) is 8.40. The van der Waals surface area contributed by atoms with Gasteiger partial charge in [0, 0.05) is 20.2 Å². The maximum Gasteiger partial charge on any atom is 0.244 e. The van der Waals surface area contributed by atoms with E-state index in [0.717, 1.165) is 0 Å². The van der Waals surface area contributed by atoms with Gasteiger partial charge in [0.2, 0.25) is 10.0 Å². The van der Waals surface area contributed by atoms with Crippen molar-refractivity contribution in [3.63, 3.8) is 0 Å². The van der Waals surface area contributed by atoms with E-state index in [9.17, 15) is 8.42 Å². The van der Waals surface area contributed by atoms with Gasteiger partial charge in [-0.2, -0.15) is 9.57 Å². The van der Waals surface area contributed by atoms with Gasteiger partial charge >= 0.3 is 0 Å². The quantitative estimate of drug-likeness (QED) is 0.836. The van der Waals surface area contributed by atoms with Crippen LogP contribution < -0.4 is 0 Å². The molecule has 1 aromatic carbocycles. The molecule has 120 valence electrons. The molecular weight excluding hydrogens is 304 g/mol. The maximum atomic E-state index is 12.9. The zero-order valence-corrected chi connectivity index (χ0v) is 13.8. The molecule has 0 spiro atoms. The van der Waals surface area contributed by atoms with E-state index < -0.39 is 15.6 Å². The molecule has 22 heavy (non-hydrogen) atoms. The van der Waals surface area contributed by atoms with Crippen molar-refractivity contribution in [2.45, 2.75) is 30.4 Å². The molecule has 1 saturated heterocycles. The lowest BCUT2D eigenvalue weighted by molar-refractivity contribution is -0.135. The predicted molar refractivity (Wildman–Crippen MR) is 80.7 cm³/mol. The lowest BCUT2D eigenvalue weighted by Gasteiger charge is -2.41. The second-order valence-electron chi connectivity index (χ2n) is 5.86. The van der Waals surface area contributed by atoms with Crippen LogP contribution in [0.2, 0.25) is 0 Å².